The Labute approximate surface area is 283 Å². The Bertz CT molecular complexity index is 2270. The average Bonchev–Trinajstić information content (AvgIpc) is 3.89. The molecule has 0 bridgehead atoms. The molecule has 0 radical (unpaired) electrons. The molecule has 8 rings (SSSR count). The Hall–Kier alpha value is -3.90. The highest BCUT2D eigenvalue weighted by Crippen LogP contribution is 2.55. The number of hydrogen-bond acceptors (Lipinski definition) is 11. The summed E-state index contributed by atoms with van der Waals surface area (Å²) < 4.78 is 86.0. The maximum atomic E-state index is 14.9. The minimum absolute atomic E-state index is 0.0480. The molecule has 0 atom stereocenters. The predicted octanol–water partition coefficient (Wildman–Crippen LogP) is 9.32. The average molecular weight is 753 g/mol. The van der Waals surface area contributed by atoms with Gasteiger partial charge in [-0.3, -0.25) is 28.8 Å². The van der Waals surface area contributed by atoms with Crippen LogP contribution in [0.5, 0.6) is 0 Å². The number of rotatable bonds is 4. The molecule has 0 aromatic carbocycles. The van der Waals surface area contributed by atoms with Crippen LogP contribution in [0.25, 0.3) is 39.0 Å². The van der Waals surface area contributed by atoms with E-state index in [-0.39, 0.29) is 51.5 Å². The number of alkyl halides is 6. The summed E-state index contributed by atoms with van der Waals surface area (Å²) in [6, 6.07) is 6.04. The van der Waals surface area contributed by atoms with Crippen molar-refractivity contribution >= 4 is 91.4 Å². The standard InChI is InChI=1S/C31H10F6O6S5/c1-7-13-21(27(42)30(34,35)23(13)38)46-17(7)9-3-5-11(44-9)19-15-16(26(41)29(32,33)25(15)40)20(48-19)12-6-4-10(45-12)18-8(2)14-22(47-18)28(43)31(36,37)24(14)39/h3-6H,1-2H3. The molecule has 6 nitrogen and oxygen atoms in total. The molecule has 0 amide bonds. The van der Waals surface area contributed by atoms with Crippen molar-refractivity contribution in [3.63, 3.8) is 0 Å². The van der Waals surface area contributed by atoms with E-state index in [9.17, 15) is 55.1 Å². The van der Waals surface area contributed by atoms with Crippen LogP contribution in [0.15, 0.2) is 24.3 Å². The number of carbonyl (C=O) groups excluding carboxylic acids is 6. The molecule has 0 saturated heterocycles. The van der Waals surface area contributed by atoms with E-state index in [2.05, 4.69) is 0 Å². The summed E-state index contributed by atoms with van der Waals surface area (Å²) in [4.78, 5) is 76.2. The smallest absolute Gasteiger partial charge is 0.287 e. The zero-order valence-corrected chi connectivity index (χ0v) is 27.7. The largest absolute Gasteiger partial charge is 0.372 e. The molecule has 0 saturated carbocycles. The molecule has 0 fully saturated rings. The van der Waals surface area contributed by atoms with Gasteiger partial charge in [0.05, 0.1) is 30.6 Å². The summed E-state index contributed by atoms with van der Waals surface area (Å²) in [7, 11) is 0. The molecule has 0 unspecified atom stereocenters. The number of carbonyl (C=O) groups is 6. The van der Waals surface area contributed by atoms with Gasteiger partial charge in [0.1, 0.15) is 0 Å². The molecule has 5 aromatic rings. The Balaban J connectivity index is 1.22. The van der Waals surface area contributed by atoms with Gasteiger partial charge in [-0.05, 0) is 49.2 Å². The molecule has 17 heteroatoms. The molecule has 5 aromatic heterocycles. The van der Waals surface area contributed by atoms with Crippen LogP contribution in [-0.4, -0.2) is 52.5 Å². The van der Waals surface area contributed by atoms with Crippen LogP contribution in [0.4, 0.5) is 26.3 Å². The molecule has 0 N–H and O–H groups in total. The van der Waals surface area contributed by atoms with E-state index in [4.69, 9.17) is 0 Å². The Morgan fingerprint density at radius 1 is 0.375 bits per heavy atom. The van der Waals surface area contributed by atoms with Crippen molar-refractivity contribution < 1.29 is 55.1 Å². The van der Waals surface area contributed by atoms with E-state index in [0.717, 1.165) is 34.0 Å². The first kappa shape index (κ1) is 31.4. The fourth-order valence-electron chi connectivity index (χ4n) is 5.96. The molecule has 5 heterocycles. The van der Waals surface area contributed by atoms with Crippen molar-refractivity contribution in [3.8, 4) is 39.0 Å². The highest BCUT2D eigenvalue weighted by atomic mass is 32.1. The summed E-state index contributed by atoms with van der Waals surface area (Å²) in [6.45, 7) is 2.83. The highest BCUT2D eigenvalue weighted by Gasteiger charge is 2.60. The van der Waals surface area contributed by atoms with E-state index >= 15 is 0 Å². The first-order valence-corrected chi connectivity index (χ1v) is 17.6. The normalized spacial score (nSPS) is 18.8. The topological polar surface area (TPSA) is 102 Å². The van der Waals surface area contributed by atoms with Crippen LogP contribution < -0.4 is 0 Å². The first-order valence-electron chi connectivity index (χ1n) is 13.5. The maximum absolute atomic E-state index is 14.9. The van der Waals surface area contributed by atoms with Gasteiger partial charge in [-0.25, -0.2) is 0 Å². The molecule has 48 heavy (non-hydrogen) atoms. The van der Waals surface area contributed by atoms with Gasteiger partial charge in [0.25, 0.3) is 11.6 Å². The monoisotopic (exact) mass is 752 g/mol. The molecular formula is C31H10F6O6S5. The van der Waals surface area contributed by atoms with Gasteiger partial charge in [0.2, 0.25) is 23.1 Å². The van der Waals surface area contributed by atoms with Crippen molar-refractivity contribution in [3.05, 3.63) is 67.4 Å². The number of hydrogen-bond donors (Lipinski definition) is 0. The quantitative estimate of drug-likeness (QED) is 0.134. The molecular weight excluding hydrogens is 743 g/mol. The fourth-order valence-corrected chi connectivity index (χ4v) is 12.4. The van der Waals surface area contributed by atoms with Gasteiger partial charge in [0, 0.05) is 40.4 Å². The van der Waals surface area contributed by atoms with Crippen LogP contribution in [0, 0.1) is 13.8 Å². The van der Waals surface area contributed by atoms with E-state index in [1.165, 1.54) is 38.1 Å². The summed E-state index contributed by atoms with van der Waals surface area (Å²) in [5, 5.41) is 0. The van der Waals surface area contributed by atoms with Crippen molar-refractivity contribution in [2.75, 3.05) is 0 Å². The van der Waals surface area contributed by atoms with Crippen LogP contribution in [-0.2, 0) is 0 Å². The predicted molar refractivity (Wildman–Crippen MR) is 168 cm³/mol. The third kappa shape index (κ3) is 3.73. The fraction of sp³-hybridized carbons (Fsp3) is 0.161. The zero-order valence-electron chi connectivity index (χ0n) is 23.6. The zero-order chi connectivity index (χ0) is 34.6. The van der Waals surface area contributed by atoms with Crippen LogP contribution >= 0.6 is 56.7 Å². The number of thiophene rings is 5. The first-order chi connectivity index (χ1) is 22.4. The lowest BCUT2D eigenvalue weighted by molar-refractivity contribution is 0.0186. The summed E-state index contributed by atoms with van der Waals surface area (Å²) in [5.41, 5.74) is -1.42. The molecule has 0 aliphatic heterocycles. The van der Waals surface area contributed by atoms with Gasteiger partial charge in [-0.1, -0.05) is 0 Å². The van der Waals surface area contributed by atoms with Gasteiger partial charge in [-0.15, -0.1) is 56.7 Å². The Morgan fingerprint density at radius 3 is 0.979 bits per heavy atom. The summed E-state index contributed by atoms with van der Waals surface area (Å²) >= 11 is 4.28. The Kier molecular flexibility index (Phi) is 6.29. The van der Waals surface area contributed by atoms with E-state index in [1.54, 1.807) is 0 Å². The van der Waals surface area contributed by atoms with Crippen molar-refractivity contribution in [2.45, 2.75) is 31.6 Å². The maximum Gasteiger partial charge on any atom is 0.372 e. The SMILES string of the molecule is Cc1c(-c2ccc(-c3sc(-c4ccc(-c5sc6c(c5C)C(=O)C(F)(F)C6=O)s4)c4c3C(=O)C(F)(F)C4=O)s2)sc2c1C(=O)C(F)(F)C2=O. The van der Waals surface area contributed by atoms with Gasteiger partial charge in [0.15, 0.2) is 0 Å². The van der Waals surface area contributed by atoms with Crippen LogP contribution in [0.3, 0.4) is 0 Å². The number of Topliss-reactive ketones (excluding diaryl/α,β-unsaturated/α-hetero) is 6. The van der Waals surface area contributed by atoms with Crippen LogP contribution in [0.1, 0.15) is 71.9 Å². The lowest BCUT2D eigenvalue weighted by Crippen LogP contribution is -2.30. The summed E-state index contributed by atoms with van der Waals surface area (Å²) in [5.74, 6) is -22.4. The summed E-state index contributed by atoms with van der Waals surface area (Å²) in [6.07, 6.45) is 0. The van der Waals surface area contributed by atoms with Crippen molar-refractivity contribution in [1.82, 2.24) is 0 Å². The van der Waals surface area contributed by atoms with E-state index < -0.39 is 63.6 Å². The minimum Gasteiger partial charge on any atom is -0.287 e. The lowest BCUT2D eigenvalue weighted by atomic mass is 10.1. The molecule has 242 valence electrons. The molecule has 0 spiro atoms. The number of ketones is 6. The third-order valence-corrected chi connectivity index (χ3v) is 15.0. The second kappa shape index (κ2) is 9.62. The van der Waals surface area contributed by atoms with Crippen molar-refractivity contribution in [1.29, 1.82) is 0 Å². The highest BCUT2D eigenvalue weighted by molar-refractivity contribution is 7.30. The number of halogens is 6. The number of fused-ring (bicyclic) bond motifs is 3. The van der Waals surface area contributed by atoms with Gasteiger partial charge >= 0.3 is 17.8 Å². The van der Waals surface area contributed by atoms with E-state index in [0.29, 0.717) is 42.2 Å². The Morgan fingerprint density at radius 2 is 0.646 bits per heavy atom. The van der Waals surface area contributed by atoms with Crippen molar-refractivity contribution in [2.24, 2.45) is 0 Å². The van der Waals surface area contributed by atoms with E-state index in [1.807, 2.05) is 0 Å². The third-order valence-electron chi connectivity index (χ3n) is 8.34. The van der Waals surface area contributed by atoms with Gasteiger partial charge in [-0.2, -0.15) is 26.3 Å². The lowest BCUT2D eigenvalue weighted by Gasteiger charge is -2.06. The minimum atomic E-state index is -4.34. The van der Waals surface area contributed by atoms with Crippen LogP contribution in [0.2, 0.25) is 0 Å². The second-order valence-electron chi connectivity index (χ2n) is 11.1. The molecule has 3 aliphatic rings. The van der Waals surface area contributed by atoms with Gasteiger partial charge < -0.3 is 0 Å². The second-order valence-corrected chi connectivity index (χ2v) is 16.3. The molecule has 3 aliphatic carbocycles.